The topological polar surface area (TPSA) is 12.9 Å². The van der Waals surface area contributed by atoms with Crippen LogP contribution in [0.4, 0.5) is 0 Å². The summed E-state index contributed by atoms with van der Waals surface area (Å²) in [6, 6.07) is 3.24. The van der Waals surface area contributed by atoms with Crippen LogP contribution in [0.2, 0.25) is 0 Å². The summed E-state index contributed by atoms with van der Waals surface area (Å²) in [6.45, 7) is 8.10. The Bertz CT molecular complexity index is 206. The van der Waals surface area contributed by atoms with Gasteiger partial charge in [-0.1, -0.05) is 39.1 Å². The van der Waals surface area contributed by atoms with Crippen molar-refractivity contribution in [2.75, 3.05) is 0 Å². The molecule has 0 saturated carbocycles. The van der Waals surface area contributed by atoms with E-state index in [2.05, 4.69) is 11.1 Å². The van der Waals surface area contributed by atoms with Crippen molar-refractivity contribution < 1.29 is 32.7 Å². The van der Waals surface area contributed by atoms with Crippen LogP contribution in [0.15, 0.2) is 0 Å². The first-order valence-electron chi connectivity index (χ1n) is 3.45. The molecule has 0 aliphatic rings. The van der Waals surface area contributed by atoms with E-state index in [0.717, 1.165) is 22.5 Å². The van der Waals surface area contributed by atoms with Crippen molar-refractivity contribution in [3.63, 3.8) is 0 Å². The molecule has 0 saturated heterocycles. The summed E-state index contributed by atoms with van der Waals surface area (Å²) < 4.78 is 0. The van der Waals surface area contributed by atoms with E-state index in [0.29, 0.717) is 0 Å². The van der Waals surface area contributed by atoms with E-state index in [1.807, 2.05) is 27.7 Å². The zero-order valence-corrected chi connectivity index (χ0v) is 11.4. The molecule has 0 atom stereocenters. The van der Waals surface area contributed by atoms with Crippen LogP contribution < -0.4 is 0 Å². The van der Waals surface area contributed by atoms with Gasteiger partial charge in [0.05, 0.1) is 0 Å². The molecule has 0 aromatic carbocycles. The Morgan fingerprint density at radius 3 is 1.50 bits per heavy atom. The van der Waals surface area contributed by atoms with Gasteiger partial charge in [0.2, 0.25) is 0 Å². The van der Waals surface area contributed by atoms with Crippen LogP contribution in [0.3, 0.4) is 0 Å². The van der Waals surface area contributed by atoms with Crippen LogP contribution in [0, 0.1) is 41.2 Å². The Hall–Kier alpha value is 0.254. The summed E-state index contributed by atoms with van der Waals surface area (Å²) in [7, 11) is 0. The van der Waals surface area contributed by atoms with Gasteiger partial charge < -0.3 is 12.4 Å². The number of aryl methyl sites for hydroxylation is 4. The molecule has 0 aliphatic carbocycles. The molecule has 0 bridgehead atoms. The Kier molecular flexibility index (Phi) is 7.16. The number of rotatable bonds is 0. The Labute approximate surface area is 101 Å². The second kappa shape index (κ2) is 5.82. The smallest absolute Gasteiger partial charge is 0.384 e. The standard InChI is InChI=1S/C9H12N.CH3.Y/c1-6-5-7(2)9(4)10-8(6)3;;/h1-4H3;1H3;/q2*-1;+3. The minimum Gasteiger partial charge on any atom is -0.384 e. The average molecular weight is 238 g/mol. The fourth-order valence-electron chi connectivity index (χ4n) is 0.881. The molecule has 62 valence electrons. The summed E-state index contributed by atoms with van der Waals surface area (Å²) in [5.74, 6) is 0. The fraction of sp³-hybridized carbons (Fsp3) is 0.400. The van der Waals surface area contributed by atoms with Crippen molar-refractivity contribution in [3.05, 3.63) is 36.0 Å². The first kappa shape index (κ1) is 14.8. The van der Waals surface area contributed by atoms with E-state index in [-0.39, 0.29) is 40.1 Å². The maximum Gasteiger partial charge on any atom is 3.00 e. The molecular weight excluding hydrogens is 223 g/mol. The quantitative estimate of drug-likeness (QED) is 0.633. The maximum atomic E-state index is 4.34. The van der Waals surface area contributed by atoms with Gasteiger partial charge in [0.1, 0.15) is 0 Å². The number of aromatic nitrogens is 1. The summed E-state index contributed by atoms with van der Waals surface area (Å²) in [4.78, 5) is 4.34. The molecule has 0 fully saturated rings. The zero-order chi connectivity index (χ0) is 7.72. The third-order valence-electron chi connectivity index (χ3n) is 1.80. The molecule has 0 amide bonds. The van der Waals surface area contributed by atoms with Gasteiger partial charge in [-0.3, -0.25) is 0 Å². The SMILES string of the molecule is Cc1[c-]c(C)c(C)nc1C.[CH3-].[Y+3]. The van der Waals surface area contributed by atoms with Gasteiger partial charge >= 0.3 is 32.7 Å². The van der Waals surface area contributed by atoms with Gasteiger partial charge in [-0.05, 0) is 0 Å². The molecule has 1 rings (SSSR count). The van der Waals surface area contributed by atoms with Crippen molar-refractivity contribution >= 4 is 0 Å². The van der Waals surface area contributed by atoms with Crippen molar-refractivity contribution in [2.24, 2.45) is 0 Å². The molecule has 0 aliphatic heterocycles. The second-order valence-corrected chi connectivity index (χ2v) is 2.66. The average Bonchev–Trinajstić information content (AvgIpc) is 1.84. The van der Waals surface area contributed by atoms with Crippen LogP contribution in [0.1, 0.15) is 22.5 Å². The molecule has 1 aromatic heterocycles. The summed E-state index contributed by atoms with van der Waals surface area (Å²) >= 11 is 0. The van der Waals surface area contributed by atoms with Gasteiger partial charge in [0, 0.05) is 0 Å². The molecule has 0 N–H and O–H groups in total. The fourth-order valence-corrected chi connectivity index (χ4v) is 0.881. The first-order chi connectivity index (χ1) is 4.61. The maximum absolute atomic E-state index is 4.34. The number of pyridine rings is 1. The monoisotopic (exact) mass is 238 g/mol. The molecular formula is C10H15NY+. The van der Waals surface area contributed by atoms with Crippen LogP contribution in [-0.4, -0.2) is 4.98 Å². The number of nitrogens with zero attached hydrogens (tertiary/aromatic N) is 1. The van der Waals surface area contributed by atoms with E-state index in [9.17, 15) is 0 Å². The first-order valence-corrected chi connectivity index (χ1v) is 3.45. The van der Waals surface area contributed by atoms with Gasteiger partial charge in [-0.25, -0.2) is 0 Å². The van der Waals surface area contributed by atoms with Crippen LogP contribution in [0.5, 0.6) is 0 Å². The Morgan fingerprint density at radius 1 is 0.917 bits per heavy atom. The largest absolute Gasteiger partial charge is 3.00 e. The van der Waals surface area contributed by atoms with Gasteiger partial charge in [-0.15, -0.1) is 11.1 Å². The van der Waals surface area contributed by atoms with Crippen LogP contribution >= 0.6 is 0 Å². The second-order valence-electron chi connectivity index (χ2n) is 2.66. The number of hydrogen-bond acceptors (Lipinski definition) is 1. The molecule has 0 unspecified atom stereocenters. The minimum absolute atomic E-state index is 0. The normalized spacial score (nSPS) is 8.33. The van der Waals surface area contributed by atoms with E-state index in [4.69, 9.17) is 0 Å². The van der Waals surface area contributed by atoms with Crippen LogP contribution in [0.25, 0.3) is 0 Å². The van der Waals surface area contributed by atoms with E-state index < -0.39 is 0 Å². The third-order valence-corrected chi connectivity index (χ3v) is 1.80. The molecule has 1 heterocycles. The van der Waals surface area contributed by atoms with E-state index >= 15 is 0 Å². The van der Waals surface area contributed by atoms with E-state index in [1.165, 1.54) is 0 Å². The molecule has 0 spiro atoms. The third kappa shape index (κ3) is 3.32. The number of hydrogen-bond donors (Lipinski definition) is 0. The van der Waals surface area contributed by atoms with Gasteiger partial charge in [0.25, 0.3) is 0 Å². The predicted octanol–water partition coefficient (Wildman–Crippen LogP) is 2.56. The summed E-state index contributed by atoms with van der Waals surface area (Å²) in [6.07, 6.45) is 0. The minimum atomic E-state index is 0. The molecule has 2 heteroatoms. The molecule has 12 heavy (non-hydrogen) atoms. The van der Waals surface area contributed by atoms with Crippen LogP contribution in [-0.2, 0) is 32.7 Å². The summed E-state index contributed by atoms with van der Waals surface area (Å²) in [5, 5.41) is 0. The Balaban J connectivity index is 0. The van der Waals surface area contributed by atoms with Crippen molar-refractivity contribution in [1.29, 1.82) is 0 Å². The van der Waals surface area contributed by atoms with E-state index in [1.54, 1.807) is 0 Å². The van der Waals surface area contributed by atoms with Crippen molar-refractivity contribution in [3.8, 4) is 0 Å². The molecule has 1 nitrogen and oxygen atoms in total. The van der Waals surface area contributed by atoms with Gasteiger partial charge in [-0.2, -0.15) is 6.07 Å². The molecule has 1 aromatic rings. The van der Waals surface area contributed by atoms with Crippen molar-refractivity contribution in [1.82, 2.24) is 4.98 Å². The zero-order valence-electron chi connectivity index (χ0n) is 8.52. The van der Waals surface area contributed by atoms with Crippen molar-refractivity contribution in [2.45, 2.75) is 27.7 Å². The Morgan fingerprint density at radius 2 is 1.25 bits per heavy atom. The predicted molar refractivity (Wildman–Crippen MR) is 48.4 cm³/mol. The van der Waals surface area contributed by atoms with Gasteiger partial charge in [0.15, 0.2) is 0 Å². The summed E-state index contributed by atoms with van der Waals surface area (Å²) in [5.41, 5.74) is 4.48. The molecule has 0 radical (unpaired) electrons.